The summed E-state index contributed by atoms with van der Waals surface area (Å²) >= 11 is 0. The first-order chi connectivity index (χ1) is 8.50. The van der Waals surface area contributed by atoms with Gasteiger partial charge in [-0.1, -0.05) is 12.1 Å². The fourth-order valence-corrected chi connectivity index (χ4v) is 2.20. The van der Waals surface area contributed by atoms with Crippen LogP contribution in [-0.4, -0.2) is 17.5 Å². The average molecular weight is 254 g/mol. The fourth-order valence-electron chi connectivity index (χ4n) is 2.20. The molecule has 2 nitrogen and oxygen atoms in total. The number of rotatable bonds is 2. The molecule has 0 N–H and O–H groups in total. The maximum Gasteiger partial charge on any atom is 0.416 e. The predicted molar refractivity (Wildman–Crippen MR) is 60.5 cm³/mol. The molecule has 1 fully saturated rings. The highest BCUT2D eigenvalue weighted by molar-refractivity contribution is 5.24. The summed E-state index contributed by atoms with van der Waals surface area (Å²) in [5.41, 5.74) is 0.176. The third-order valence-corrected chi connectivity index (χ3v) is 3.18. The van der Waals surface area contributed by atoms with Crippen molar-refractivity contribution in [3.05, 3.63) is 35.4 Å². The third-order valence-electron chi connectivity index (χ3n) is 3.18. The summed E-state index contributed by atoms with van der Waals surface area (Å²) in [6.45, 7) is 1.37. The quantitative estimate of drug-likeness (QED) is 0.810. The molecule has 2 rings (SSSR count). The Bertz CT molecular complexity index is 445. The van der Waals surface area contributed by atoms with E-state index >= 15 is 0 Å². The standard InChI is InChI=1S/C13H13F3N2/c14-13(15,16)11-5-3-10(4-6-11)9-18-7-1-2-12(18)8-17/h3-6,12H,1-2,7,9H2. The van der Waals surface area contributed by atoms with Crippen LogP contribution in [0.25, 0.3) is 0 Å². The van der Waals surface area contributed by atoms with E-state index in [9.17, 15) is 13.2 Å². The molecule has 1 aliphatic heterocycles. The van der Waals surface area contributed by atoms with E-state index < -0.39 is 11.7 Å². The molecule has 1 aromatic rings. The van der Waals surface area contributed by atoms with Gasteiger partial charge in [0.25, 0.3) is 0 Å². The van der Waals surface area contributed by atoms with Crippen LogP contribution >= 0.6 is 0 Å². The van der Waals surface area contributed by atoms with Gasteiger partial charge in [-0.2, -0.15) is 18.4 Å². The number of alkyl halides is 3. The summed E-state index contributed by atoms with van der Waals surface area (Å²) in [4.78, 5) is 2.00. The zero-order chi connectivity index (χ0) is 13.2. The molecule has 1 unspecified atom stereocenters. The highest BCUT2D eigenvalue weighted by Gasteiger charge is 2.30. The minimum atomic E-state index is -4.29. The minimum absolute atomic E-state index is 0.104. The molecule has 1 aliphatic rings. The monoisotopic (exact) mass is 254 g/mol. The zero-order valence-corrected chi connectivity index (χ0v) is 9.74. The van der Waals surface area contributed by atoms with E-state index in [2.05, 4.69) is 6.07 Å². The summed E-state index contributed by atoms with van der Waals surface area (Å²) in [6.07, 6.45) is -2.47. The molecule has 0 aliphatic carbocycles. The van der Waals surface area contributed by atoms with Gasteiger partial charge in [-0.25, -0.2) is 0 Å². The van der Waals surface area contributed by atoms with Crippen LogP contribution in [-0.2, 0) is 12.7 Å². The summed E-state index contributed by atoms with van der Waals surface area (Å²) in [7, 11) is 0. The lowest BCUT2D eigenvalue weighted by Gasteiger charge is -2.19. The number of likely N-dealkylation sites (tertiary alicyclic amines) is 1. The van der Waals surface area contributed by atoms with Crippen molar-refractivity contribution >= 4 is 0 Å². The molecule has 0 saturated carbocycles. The lowest BCUT2D eigenvalue weighted by molar-refractivity contribution is -0.137. The predicted octanol–water partition coefficient (Wildman–Crippen LogP) is 3.19. The van der Waals surface area contributed by atoms with Crippen molar-refractivity contribution in [2.75, 3.05) is 6.54 Å². The van der Waals surface area contributed by atoms with Gasteiger partial charge < -0.3 is 0 Å². The molecule has 0 bridgehead atoms. The van der Waals surface area contributed by atoms with E-state index in [1.54, 1.807) is 0 Å². The summed E-state index contributed by atoms with van der Waals surface area (Å²) in [5.74, 6) is 0. The van der Waals surface area contributed by atoms with Gasteiger partial charge in [0.05, 0.1) is 17.7 Å². The second-order valence-electron chi connectivity index (χ2n) is 4.45. The van der Waals surface area contributed by atoms with Crippen molar-refractivity contribution in [2.45, 2.75) is 31.6 Å². The molecule has 0 radical (unpaired) electrons. The second kappa shape index (κ2) is 4.99. The Labute approximate surface area is 104 Å². The number of benzene rings is 1. The van der Waals surface area contributed by atoms with E-state index in [0.29, 0.717) is 6.54 Å². The lowest BCUT2D eigenvalue weighted by atomic mass is 10.1. The third kappa shape index (κ3) is 2.82. The van der Waals surface area contributed by atoms with Gasteiger partial charge in [0.2, 0.25) is 0 Å². The van der Waals surface area contributed by atoms with Crippen LogP contribution in [0.2, 0.25) is 0 Å². The molecule has 0 spiro atoms. The van der Waals surface area contributed by atoms with E-state index in [1.807, 2.05) is 4.90 Å². The van der Waals surface area contributed by atoms with Gasteiger partial charge in [0.15, 0.2) is 0 Å². The first-order valence-electron chi connectivity index (χ1n) is 5.80. The van der Waals surface area contributed by atoms with Gasteiger partial charge in [0.1, 0.15) is 0 Å². The van der Waals surface area contributed by atoms with Crippen LogP contribution in [0.5, 0.6) is 0 Å². The molecule has 1 aromatic carbocycles. The fraction of sp³-hybridized carbons (Fsp3) is 0.462. The Morgan fingerprint density at radius 2 is 1.94 bits per heavy atom. The number of halogens is 3. The number of nitrogens with zero attached hydrogens (tertiary/aromatic N) is 2. The van der Waals surface area contributed by atoms with Crippen molar-refractivity contribution in [3.8, 4) is 6.07 Å². The van der Waals surface area contributed by atoms with Gasteiger partial charge in [0, 0.05) is 6.54 Å². The van der Waals surface area contributed by atoms with Crippen LogP contribution in [0.3, 0.4) is 0 Å². The Morgan fingerprint density at radius 1 is 1.28 bits per heavy atom. The van der Waals surface area contributed by atoms with Crippen molar-refractivity contribution in [1.29, 1.82) is 5.26 Å². The van der Waals surface area contributed by atoms with Crippen molar-refractivity contribution in [2.24, 2.45) is 0 Å². The molecule has 1 saturated heterocycles. The van der Waals surface area contributed by atoms with Gasteiger partial charge >= 0.3 is 6.18 Å². The van der Waals surface area contributed by atoms with Crippen molar-refractivity contribution < 1.29 is 13.2 Å². The number of hydrogen-bond donors (Lipinski definition) is 0. The van der Waals surface area contributed by atoms with Crippen LogP contribution in [0.4, 0.5) is 13.2 Å². The molecule has 0 amide bonds. The summed E-state index contributed by atoms with van der Waals surface area (Å²) in [6, 6.07) is 7.26. The largest absolute Gasteiger partial charge is 0.416 e. The summed E-state index contributed by atoms with van der Waals surface area (Å²) in [5, 5.41) is 8.92. The van der Waals surface area contributed by atoms with E-state index in [-0.39, 0.29) is 6.04 Å². The van der Waals surface area contributed by atoms with Crippen LogP contribution in [0.1, 0.15) is 24.0 Å². The van der Waals surface area contributed by atoms with Gasteiger partial charge in [-0.3, -0.25) is 4.90 Å². The number of hydrogen-bond acceptors (Lipinski definition) is 2. The minimum Gasteiger partial charge on any atom is -0.284 e. The molecule has 18 heavy (non-hydrogen) atoms. The van der Waals surface area contributed by atoms with Crippen molar-refractivity contribution in [3.63, 3.8) is 0 Å². The maximum absolute atomic E-state index is 12.4. The maximum atomic E-state index is 12.4. The first kappa shape index (κ1) is 12.9. The molecule has 1 heterocycles. The highest BCUT2D eigenvalue weighted by Crippen LogP contribution is 2.29. The van der Waals surface area contributed by atoms with Crippen LogP contribution in [0, 0.1) is 11.3 Å². The Kier molecular flexibility index (Phi) is 3.58. The smallest absolute Gasteiger partial charge is 0.284 e. The molecule has 96 valence electrons. The van der Waals surface area contributed by atoms with E-state index in [0.717, 1.165) is 37.1 Å². The SMILES string of the molecule is N#CC1CCCN1Cc1ccc(C(F)(F)F)cc1. The first-order valence-corrected chi connectivity index (χ1v) is 5.80. The zero-order valence-electron chi connectivity index (χ0n) is 9.74. The molecule has 1 atom stereocenters. The number of nitriles is 1. The normalized spacial score (nSPS) is 20.9. The molecule has 5 heteroatoms. The highest BCUT2D eigenvalue weighted by atomic mass is 19.4. The molecule has 0 aromatic heterocycles. The Balaban J connectivity index is 2.05. The van der Waals surface area contributed by atoms with Gasteiger partial charge in [-0.05, 0) is 37.1 Å². The molecular formula is C13H13F3N2. The van der Waals surface area contributed by atoms with E-state index in [1.165, 1.54) is 12.1 Å². The van der Waals surface area contributed by atoms with Crippen molar-refractivity contribution in [1.82, 2.24) is 4.90 Å². The average Bonchev–Trinajstić information content (AvgIpc) is 2.76. The van der Waals surface area contributed by atoms with Gasteiger partial charge in [-0.15, -0.1) is 0 Å². The Hall–Kier alpha value is -1.54. The van der Waals surface area contributed by atoms with E-state index in [4.69, 9.17) is 5.26 Å². The summed E-state index contributed by atoms with van der Waals surface area (Å²) < 4.78 is 37.2. The second-order valence-corrected chi connectivity index (χ2v) is 4.45. The lowest BCUT2D eigenvalue weighted by Crippen LogP contribution is -2.27. The van der Waals surface area contributed by atoms with Crippen LogP contribution < -0.4 is 0 Å². The topological polar surface area (TPSA) is 27.0 Å². The van der Waals surface area contributed by atoms with Crippen LogP contribution in [0.15, 0.2) is 24.3 Å². The Morgan fingerprint density at radius 3 is 2.50 bits per heavy atom. The molecular weight excluding hydrogens is 241 g/mol.